The second-order valence-corrected chi connectivity index (χ2v) is 6.60. The van der Waals surface area contributed by atoms with Crippen LogP contribution in [-0.2, 0) is 0 Å². The standard InChI is InChI=1S/C14H27N3O/c1-14(2,3)17-10-4-9-16(13(17)18)11-12-5-7-15-8-6-12/h12,15H,4-11H2,1-3H3. The van der Waals surface area contributed by atoms with Crippen molar-refractivity contribution in [1.29, 1.82) is 0 Å². The highest BCUT2D eigenvalue weighted by atomic mass is 16.2. The van der Waals surface area contributed by atoms with Gasteiger partial charge >= 0.3 is 6.03 Å². The summed E-state index contributed by atoms with van der Waals surface area (Å²) in [4.78, 5) is 16.6. The van der Waals surface area contributed by atoms with Crippen molar-refractivity contribution in [3.8, 4) is 0 Å². The van der Waals surface area contributed by atoms with Gasteiger partial charge in [0.1, 0.15) is 0 Å². The molecule has 0 aromatic rings. The quantitative estimate of drug-likeness (QED) is 0.816. The van der Waals surface area contributed by atoms with E-state index in [1.165, 1.54) is 12.8 Å². The first-order chi connectivity index (χ1) is 8.48. The summed E-state index contributed by atoms with van der Waals surface area (Å²) in [5, 5.41) is 3.38. The van der Waals surface area contributed by atoms with Gasteiger partial charge in [-0.2, -0.15) is 0 Å². The highest BCUT2D eigenvalue weighted by Gasteiger charge is 2.33. The maximum absolute atomic E-state index is 12.5. The molecule has 2 heterocycles. The lowest BCUT2D eigenvalue weighted by Gasteiger charge is -2.44. The van der Waals surface area contributed by atoms with E-state index in [-0.39, 0.29) is 11.6 Å². The fraction of sp³-hybridized carbons (Fsp3) is 0.929. The van der Waals surface area contributed by atoms with Crippen molar-refractivity contribution in [2.24, 2.45) is 5.92 Å². The minimum atomic E-state index is -0.0517. The van der Waals surface area contributed by atoms with Gasteiger partial charge in [0.15, 0.2) is 0 Å². The molecule has 2 amide bonds. The van der Waals surface area contributed by atoms with Crippen molar-refractivity contribution in [3.05, 3.63) is 0 Å². The SMILES string of the molecule is CC(C)(C)N1CCCN(CC2CCNCC2)C1=O. The lowest BCUT2D eigenvalue weighted by Crippen LogP contribution is -2.57. The first-order valence-electron chi connectivity index (χ1n) is 7.26. The van der Waals surface area contributed by atoms with Crippen molar-refractivity contribution in [2.45, 2.75) is 45.6 Å². The molecule has 1 N–H and O–H groups in total. The molecule has 0 atom stereocenters. The normalized spacial score (nSPS) is 23.6. The van der Waals surface area contributed by atoms with Crippen LogP contribution >= 0.6 is 0 Å². The third kappa shape index (κ3) is 3.16. The van der Waals surface area contributed by atoms with Gasteiger partial charge in [0.05, 0.1) is 0 Å². The number of piperidine rings is 1. The summed E-state index contributed by atoms with van der Waals surface area (Å²) in [6, 6.07) is 0.243. The third-order valence-corrected chi connectivity index (χ3v) is 4.06. The van der Waals surface area contributed by atoms with Crippen LogP contribution in [0.2, 0.25) is 0 Å². The van der Waals surface area contributed by atoms with Gasteiger partial charge in [0.25, 0.3) is 0 Å². The van der Waals surface area contributed by atoms with E-state index in [9.17, 15) is 4.79 Å². The molecule has 0 bridgehead atoms. The van der Waals surface area contributed by atoms with Gasteiger partial charge < -0.3 is 15.1 Å². The topological polar surface area (TPSA) is 35.6 Å². The molecule has 2 aliphatic heterocycles. The van der Waals surface area contributed by atoms with Crippen molar-refractivity contribution < 1.29 is 4.79 Å². The zero-order valence-corrected chi connectivity index (χ0v) is 12.0. The number of rotatable bonds is 2. The molecule has 2 rings (SSSR count). The highest BCUT2D eigenvalue weighted by molar-refractivity contribution is 5.76. The van der Waals surface area contributed by atoms with Crippen LogP contribution < -0.4 is 5.32 Å². The van der Waals surface area contributed by atoms with Gasteiger partial charge in [0.2, 0.25) is 0 Å². The summed E-state index contributed by atoms with van der Waals surface area (Å²) >= 11 is 0. The second-order valence-electron chi connectivity index (χ2n) is 6.60. The first kappa shape index (κ1) is 13.7. The van der Waals surface area contributed by atoms with E-state index >= 15 is 0 Å². The fourth-order valence-electron chi connectivity index (χ4n) is 2.95. The van der Waals surface area contributed by atoms with E-state index in [0.29, 0.717) is 5.92 Å². The molecule has 104 valence electrons. The molecule has 0 spiro atoms. The van der Waals surface area contributed by atoms with Gasteiger partial charge in [0, 0.05) is 25.2 Å². The summed E-state index contributed by atoms with van der Waals surface area (Å²) in [5.74, 6) is 0.690. The molecule has 2 saturated heterocycles. The molecule has 2 fully saturated rings. The number of carbonyl (C=O) groups is 1. The molecule has 0 aliphatic carbocycles. The smallest absolute Gasteiger partial charge is 0.320 e. The average molecular weight is 253 g/mol. The molecule has 4 heteroatoms. The van der Waals surface area contributed by atoms with Crippen LogP contribution in [0.1, 0.15) is 40.0 Å². The zero-order chi connectivity index (χ0) is 13.2. The van der Waals surface area contributed by atoms with Crippen LogP contribution in [0.15, 0.2) is 0 Å². The number of carbonyl (C=O) groups excluding carboxylic acids is 1. The summed E-state index contributed by atoms with van der Waals surface area (Å²) < 4.78 is 0. The Hall–Kier alpha value is -0.770. The number of nitrogens with one attached hydrogen (secondary N) is 1. The number of urea groups is 1. The molecule has 0 aromatic heterocycles. The molecule has 0 radical (unpaired) electrons. The Kier molecular flexibility index (Phi) is 4.15. The lowest BCUT2D eigenvalue weighted by molar-refractivity contribution is 0.0764. The van der Waals surface area contributed by atoms with Crippen molar-refractivity contribution >= 4 is 6.03 Å². The number of amides is 2. The van der Waals surface area contributed by atoms with Crippen LogP contribution in [0.5, 0.6) is 0 Å². The maximum atomic E-state index is 12.5. The van der Waals surface area contributed by atoms with E-state index < -0.39 is 0 Å². The van der Waals surface area contributed by atoms with Crippen LogP contribution in [0.25, 0.3) is 0 Å². The Morgan fingerprint density at radius 2 is 1.89 bits per heavy atom. The molecule has 18 heavy (non-hydrogen) atoms. The number of hydrogen-bond donors (Lipinski definition) is 1. The van der Waals surface area contributed by atoms with E-state index in [2.05, 4.69) is 31.0 Å². The first-order valence-corrected chi connectivity index (χ1v) is 7.26. The van der Waals surface area contributed by atoms with Gasteiger partial charge in [-0.15, -0.1) is 0 Å². The largest absolute Gasteiger partial charge is 0.324 e. The van der Waals surface area contributed by atoms with E-state index in [0.717, 1.165) is 39.1 Å². The molecule has 0 unspecified atom stereocenters. The van der Waals surface area contributed by atoms with Crippen molar-refractivity contribution in [2.75, 3.05) is 32.7 Å². The second kappa shape index (κ2) is 5.47. The third-order valence-electron chi connectivity index (χ3n) is 4.06. The summed E-state index contributed by atoms with van der Waals surface area (Å²) in [7, 11) is 0. The Morgan fingerprint density at radius 1 is 1.22 bits per heavy atom. The Labute approximate surface area is 111 Å². The van der Waals surface area contributed by atoms with Gasteiger partial charge in [-0.1, -0.05) is 0 Å². The Balaban J connectivity index is 1.93. The maximum Gasteiger partial charge on any atom is 0.320 e. The van der Waals surface area contributed by atoms with Gasteiger partial charge in [-0.05, 0) is 59.0 Å². The predicted octanol–water partition coefficient (Wildman–Crippen LogP) is 1.91. The summed E-state index contributed by atoms with van der Waals surface area (Å²) in [6.07, 6.45) is 3.52. The molecule has 2 aliphatic rings. The van der Waals surface area contributed by atoms with Gasteiger partial charge in [-0.3, -0.25) is 0 Å². The minimum Gasteiger partial charge on any atom is -0.324 e. The van der Waals surface area contributed by atoms with E-state index in [4.69, 9.17) is 0 Å². The van der Waals surface area contributed by atoms with Crippen LogP contribution in [0, 0.1) is 5.92 Å². The van der Waals surface area contributed by atoms with Crippen LogP contribution in [0.3, 0.4) is 0 Å². The van der Waals surface area contributed by atoms with E-state index in [1.807, 2.05) is 4.90 Å². The van der Waals surface area contributed by atoms with Crippen molar-refractivity contribution in [1.82, 2.24) is 15.1 Å². The van der Waals surface area contributed by atoms with E-state index in [1.54, 1.807) is 0 Å². The molecule has 4 nitrogen and oxygen atoms in total. The van der Waals surface area contributed by atoms with Gasteiger partial charge in [-0.25, -0.2) is 4.79 Å². The van der Waals surface area contributed by atoms with Crippen molar-refractivity contribution in [3.63, 3.8) is 0 Å². The average Bonchev–Trinajstić information content (AvgIpc) is 2.32. The molecule has 0 aromatic carbocycles. The number of nitrogens with zero attached hydrogens (tertiary/aromatic N) is 2. The zero-order valence-electron chi connectivity index (χ0n) is 12.0. The summed E-state index contributed by atoms with van der Waals surface area (Å²) in [5.41, 5.74) is -0.0517. The molecule has 0 saturated carbocycles. The predicted molar refractivity (Wildman–Crippen MR) is 73.6 cm³/mol. The lowest BCUT2D eigenvalue weighted by atomic mass is 9.97. The monoisotopic (exact) mass is 253 g/mol. The molecular weight excluding hydrogens is 226 g/mol. The Morgan fingerprint density at radius 3 is 2.50 bits per heavy atom. The molecular formula is C14H27N3O. The highest BCUT2D eigenvalue weighted by Crippen LogP contribution is 2.22. The van der Waals surface area contributed by atoms with Crippen LogP contribution in [-0.4, -0.2) is 54.1 Å². The Bertz CT molecular complexity index is 292. The number of hydrogen-bond acceptors (Lipinski definition) is 2. The van der Waals surface area contributed by atoms with Crippen LogP contribution in [0.4, 0.5) is 4.79 Å². The summed E-state index contributed by atoms with van der Waals surface area (Å²) in [6.45, 7) is 11.4. The minimum absolute atomic E-state index is 0.0517. The fourth-order valence-corrected chi connectivity index (χ4v) is 2.95.